The van der Waals surface area contributed by atoms with E-state index in [1.54, 1.807) is 0 Å². The second-order valence-corrected chi connectivity index (χ2v) is 8.20. The van der Waals surface area contributed by atoms with E-state index >= 15 is 0 Å². The topological polar surface area (TPSA) is 20.2 Å². The summed E-state index contributed by atoms with van der Waals surface area (Å²) < 4.78 is 0. The van der Waals surface area contributed by atoms with Crippen LogP contribution in [0, 0.1) is 17.8 Å². The van der Waals surface area contributed by atoms with Gasteiger partial charge in [-0.25, -0.2) is 0 Å². The van der Waals surface area contributed by atoms with Crippen molar-refractivity contribution in [2.24, 2.45) is 17.8 Å². The summed E-state index contributed by atoms with van der Waals surface area (Å²) in [6, 6.07) is 4.36. The van der Waals surface area contributed by atoms with Gasteiger partial charge in [-0.3, -0.25) is 0 Å². The highest BCUT2D eigenvalue weighted by atomic mass is 32.1. The minimum atomic E-state index is -0.195. The fourth-order valence-electron chi connectivity index (χ4n) is 3.62. The first kappa shape index (κ1) is 12.7. The molecular weight excluding hydrogens is 240 g/mol. The number of hydrogen-bond donors (Lipinski definition) is 1. The zero-order valence-electron chi connectivity index (χ0n) is 11.6. The molecule has 2 heteroatoms. The van der Waals surface area contributed by atoms with Crippen LogP contribution in [0.2, 0.25) is 0 Å². The Balaban J connectivity index is 1.73. The monoisotopic (exact) mass is 264 g/mol. The molecule has 0 aromatic carbocycles. The molecule has 1 heterocycles. The van der Waals surface area contributed by atoms with E-state index in [9.17, 15) is 5.11 Å². The highest BCUT2D eigenvalue weighted by Crippen LogP contribution is 2.60. The molecule has 3 rings (SSSR count). The van der Waals surface area contributed by atoms with E-state index in [2.05, 4.69) is 32.9 Å². The van der Waals surface area contributed by atoms with Gasteiger partial charge >= 0.3 is 0 Å². The zero-order chi connectivity index (χ0) is 12.9. The predicted octanol–water partition coefficient (Wildman–Crippen LogP) is 4.52. The molecule has 18 heavy (non-hydrogen) atoms. The first-order valence-corrected chi connectivity index (χ1v) is 8.08. The van der Waals surface area contributed by atoms with Crippen LogP contribution in [0.3, 0.4) is 0 Å². The molecule has 0 amide bonds. The minimum Gasteiger partial charge on any atom is -0.387 e. The van der Waals surface area contributed by atoms with Crippen molar-refractivity contribution in [1.82, 2.24) is 0 Å². The molecule has 2 saturated carbocycles. The van der Waals surface area contributed by atoms with E-state index in [-0.39, 0.29) is 11.5 Å². The molecule has 1 nitrogen and oxygen atoms in total. The second kappa shape index (κ2) is 4.35. The van der Waals surface area contributed by atoms with Gasteiger partial charge in [-0.05, 0) is 48.1 Å². The third-order valence-corrected chi connectivity index (χ3v) is 6.33. The summed E-state index contributed by atoms with van der Waals surface area (Å²) in [6.07, 6.45) is 5.26. The molecule has 0 bridgehead atoms. The van der Waals surface area contributed by atoms with Crippen molar-refractivity contribution >= 4 is 11.3 Å². The van der Waals surface area contributed by atoms with E-state index < -0.39 is 0 Å². The van der Waals surface area contributed by atoms with Gasteiger partial charge < -0.3 is 5.11 Å². The fraction of sp³-hybridized carbons (Fsp3) is 0.750. The van der Waals surface area contributed by atoms with Gasteiger partial charge in [-0.2, -0.15) is 0 Å². The van der Waals surface area contributed by atoms with Gasteiger partial charge in [0.25, 0.3) is 0 Å². The van der Waals surface area contributed by atoms with E-state index in [4.69, 9.17) is 0 Å². The van der Waals surface area contributed by atoms with Crippen LogP contribution in [0.5, 0.6) is 0 Å². The van der Waals surface area contributed by atoms with E-state index in [0.29, 0.717) is 5.92 Å². The molecule has 0 aliphatic heterocycles. The number of aliphatic hydroxyl groups excluding tert-OH is 1. The molecular formula is C16H24OS. The van der Waals surface area contributed by atoms with Crippen LogP contribution in [0.25, 0.3) is 0 Å². The van der Waals surface area contributed by atoms with Crippen molar-refractivity contribution in [1.29, 1.82) is 0 Å². The molecule has 3 unspecified atom stereocenters. The smallest absolute Gasteiger partial charge is 0.0915 e. The van der Waals surface area contributed by atoms with Gasteiger partial charge in [0.1, 0.15) is 0 Å². The van der Waals surface area contributed by atoms with E-state index in [1.807, 2.05) is 11.3 Å². The first-order chi connectivity index (χ1) is 8.48. The lowest BCUT2D eigenvalue weighted by atomic mass is 9.95. The number of thiophene rings is 1. The third kappa shape index (κ3) is 2.14. The Kier molecular flexibility index (Phi) is 3.06. The molecule has 2 aliphatic rings. The van der Waals surface area contributed by atoms with Crippen LogP contribution >= 0.6 is 11.3 Å². The Bertz CT molecular complexity index is 417. The Morgan fingerprint density at radius 3 is 2.28 bits per heavy atom. The summed E-state index contributed by atoms with van der Waals surface area (Å²) in [4.78, 5) is 2.58. The van der Waals surface area contributed by atoms with Crippen molar-refractivity contribution in [3.8, 4) is 0 Å². The molecule has 1 aromatic rings. The molecule has 100 valence electrons. The highest BCUT2D eigenvalue weighted by molar-refractivity contribution is 7.12. The summed E-state index contributed by atoms with van der Waals surface area (Å²) in [5.41, 5.74) is 0.207. The predicted molar refractivity (Wildman–Crippen MR) is 76.9 cm³/mol. The van der Waals surface area contributed by atoms with Crippen LogP contribution in [0.4, 0.5) is 0 Å². The van der Waals surface area contributed by atoms with Crippen LogP contribution in [-0.2, 0) is 5.41 Å². The largest absolute Gasteiger partial charge is 0.387 e. The Labute approximate surface area is 114 Å². The first-order valence-electron chi connectivity index (χ1n) is 7.27. The van der Waals surface area contributed by atoms with Crippen LogP contribution in [0.1, 0.15) is 62.3 Å². The Morgan fingerprint density at radius 2 is 1.78 bits per heavy atom. The second-order valence-electron chi connectivity index (χ2n) is 7.09. The maximum Gasteiger partial charge on any atom is 0.0915 e. The third-order valence-electron chi connectivity index (χ3n) is 4.74. The maximum absolute atomic E-state index is 10.6. The van der Waals surface area contributed by atoms with Gasteiger partial charge in [0.15, 0.2) is 0 Å². The van der Waals surface area contributed by atoms with Crippen molar-refractivity contribution < 1.29 is 5.11 Å². The van der Waals surface area contributed by atoms with Gasteiger partial charge in [-0.15, -0.1) is 11.3 Å². The minimum absolute atomic E-state index is 0.195. The molecule has 2 fully saturated rings. The molecule has 1 aromatic heterocycles. The summed E-state index contributed by atoms with van der Waals surface area (Å²) in [5, 5.41) is 10.6. The Morgan fingerprint density at radius 1 is 1.17 bits per heavy atom. The standard InChI is InChI=1S/C16H24OS/c1-16(2,3)13-9-8-12(18-13)15(17)14-10-6-4-5-7-11(10)14/h8-11,14-15,17H,4-7H2,1-3H3. The van der Waals surface area contributed by atoms with Crippen LogP contribution < -0.4 is 0 Å². The van der Waals surface area contributed by atoms with Gasteiger partial charge in [0.05, 0.1) is 6.10 Å². The van der Waals surface area contributed by atoms with Crippen molar-refractivity contribution in [3.63, 3.8) is 0 Å². The zero-order valence-corrected chi connectivity index (χ0v) is 12.5. The van der Waals surface area contributed by atoms with Gasteiger partial charge in [0, 0.05) is 9.75 Å². The summed E-state index contributed by atoms with van der Waals surface area (Å²) in [5.74, 6) is 2.22. The highest BCUT2D eigenvalue weighted by Gasteiger charge is 2.54. The van der Waals surface area contributed by atoms with E-state index in [0.717, 1.165) is 11.8 Å². The lowest BCUT2D eigenvalue weighted by molar-refractivity contribution is 0.146. The lowest BCUT2D eigenvalue weighted by Crippen LogP contribution is -2.08. The lowest BCUT2D eigenvalue weighted by Gasteiger charge is -2.15. The number of aliphatic hydroxyl groups is 1. The number of rotatable bonds is 2. The molecule has 0 saturated heterocycles. The molecule has 0 spiro atoms. The summed E-state index contributed by atoms with van der Waals surface area (Å²) >= 11 is 1.81. The SMILES string of the molecule is CC(C)(C)c1ccc(C(O)C2C3CCCCC32)s1. The van der Waals surface area contributed by atoms with Crippen molar-refractivity contribution in [3.05, 3.63) is 21.9 Å². The molecule has 2 aliphatic carbocycles. The van der Waals surface area contributed by atoms with Crippen LogP contribution in [0.15, 0.2) is 12.1 Å². The van der Waals surface area contributed by atoms with Crippen molar-refractivity contribution in [2.75, 3.05) is 0 Å². The van der Waals surface area contributed by atoms with Crippen molar-refractivity contribution in [2.45, 2.75) is 58.0 Å². The quantitative estimate of drug-likeness (QED) is 0.833. The van der Waals surface area contributed by atoms with Gasteiger partial charge in [-0.1, -0.05) is 33.6 Å². The molecule has 3 atom stereocenters. The van der Waals surface area contributed by atoms with E-state index in [1.165, 1.54) is 35.4 Å². The van der Waals surface area contributed by atoms with Gasteiger partial charge in [0.2, 0.25) is 0 Å². The van der Waals surface area contributed by atoms with Crippen LogP contribution in [-0.4, -0.2) is 5.11 Å². The fourth-order valence-corrected chi connectivity index (χ4v) is 4.73. The maximum atomic E-state index is 10.6. The normalized spacial score (nSPS) is 33.0. The average Bonchev–Trinajstić information content (AvgIpc) is 2.81. The number of hydrogen-bond acceptors (Lipinski definition) is 2. The molecule has 1 N–H and O–H groups in total. The average molecular weight is 264 g/mol. The summed E-state index contributed by atoms with van der Waals surface area (Å²) in [7, 11) is 0. The number of fused-ring (bicyclic) bond motifs is 1. The Hall–Kier alpha value is -0.340. The molecule has 0 radical (unpaired) electrons. The summed E-state index contributed by atoms with van der Waals surface area (Å²) in [6.45, 7) is 6.73.